The van der Waals surface area contributed by atoms with Crippen molar-refractivity contribution in [2.45, 2.75) is 43.4 Å². The molecule has 0 aliphatic carbocycles. The van der Waals surface area contributed by atoms with Gasteiger partial charge in [-0.15, -0.1) is 0 Å². The Balaban J connectivity index is 1.57. The first-order valence-electron chi connectivity index (χ1n) is 9.37. The van der Waals surface area contributed by atoms with Crippen LogP contribution in [-0.4, -0.2) is 37.0 Å². The lowest BCUT2D eigenvalue weighted by Gasteiger charge is -2.08. The number of phenols is 1. The zero-order valence-corrected chi connectivity index (χ0v) is 16.5. The topological polar surface area (TPSA) is 101 Å². The Labute approximate surface area is 165 Å². The highest BCUT2D eigenvalue weighted by atomic mass is 32.2. The number of ether oxygens (including phenoxy) is 1. The number of carboxylic acids is 1. The summed E-state index contributed by atoms with van der Waals surface area (Å²) < 4.78 is 29.8. The number of carboxylic acid groups (broad SMARTS) is 1. The molecular formula is C21H26O6S. The second kappa shape index (κ2) is 10.7. The normalized spacial score (nSPS) is 11.3. The predicted octanol–water partition coefficient (Wildman–Crippen LogP) is 4.28. The fourth-order valence-electron chi connectivity index (χ4n) is 2.81. The lowest BCUT2D eigenvalue weighted by Crippen LogP contribution is -2.06. The van der Waals surface area contributed by atoms with Crippen molar-refractivity contribution in [2.75, 3.05) is 12.4 Å². The maximum atomic E-state index is 12.2. The van der Waals surface area contributed by atoms with E-state index in [0.29, 0.717) is 23.7 Å². The summed E-state index contributed by atoms with van der Waals surface area (Å²) in [5, 5.41) is 18.4. The van der Waals surface area contributed by atoms with Gasteiger partial charge in [0.05, 0.1) is 17.3 Å². The molecule has 7 heteroatoms. The third-order valence-electron chi connectivity index (χ3n) is 4.38. The lowest BCUT2D eigenvalue weighted by atomic mass is 10.1. The number of aromatic hydroxyl groups is 1. The zero-order chi connectivity index (χ0) is 20.4. The SMILES string of the molecule is O=C(O)c1cc(OCCCCCCCCS(=O)(=O)c2ccccc2)ccc1O. The van der Waals surface area contributed by atoms with Crippen LogP contribution in [0.4, 0.5) is 0 Å². The summed E-state index contributed by atoms with van der Waals surface area (Å²) in [5.74, 6) is -0.889. The summed E-state index contributed by atoms with van der Waals surface area (Å²) in [5.41, 5.74) is -0.178. The quantitative estimate of drug-likeness (QED) is 0.510. The Hall–Kier alpha value is -2.54. The van der Waals surface area contributed by atoms with Gasteiger partial charge < -0.3 is 14.9 Å². The maximum absolute atomic E-state index is 12.2. The van der Waals surface area contributed by atoms with E-state index < -0.39 is 15.8 Å². The molecule has 0 aliphatic rings. The van der Waals surface area contributed by atoms with E-state index in [1.165, 1.54) is 18.2 Å². The van der Waals surface area contributed by atoms with Crippen LogP contribution in [0.5, 0.6) is 11.5 Å². The van der Waals surface area contributed by atoms with Gasteiger partial charge >= 0.3 is 5.97 Å². The highest BCUT2D eigenvalue weighted by molar-refractivity contribution is 7.91. The first-order chi connectivity index (χ1) is 13.4. The van der Waals surface area contributed by atoms with Gasteiger partial charge in [0.25, 0.3) is 0 Å². The Morgan fingerprint density at radius 3 is 2.21 bits per heavy atom. The molecule has 0 saturated carbocycles. The molecule has 152 valence electrons. The number of hydrogen-bond acceptors (Lipinski definition) is 5. The number of aromatic carboxylic acids is 1. The van der Waals surface area contributed by atoms with E-state index in [0.717, 1.165) is 32.1 Å². The third kappa shape index (κ3) is 6.88. The summed E-state index contributed by atoms with van der Waals surface area (Å²) >= 11 is 0. The van der Waals surface area contributed by atoms with E-state index in [4.69, 9.17) is 9.84 Å². The van der Waals surface area contributed by atoms with Crippen molar-refractivity contribution in [3.8, 4) is 11.5 Å². The van der Waals surface area contributed by atoms with Gasteiger partial charge in [-0.3, -0.25) is 0 Å². The first-order valence-corrected chi connectivity index (χ1v) is 11.0. The molecule has 0 fully saturated rings. The molecular weight excluding hydrogens is 380 g/mol. The fraction of sp³-hybridized carbons (Fsp3) is 0.381. The van der Waals surface area contributed by atoms with Gasteiger partial charge in [0.1, 0.15) is 17.1 Å². The van der Waals surface area contributed by atoms with Gasteiger partial charge in [-0.05, 0) is 43.2 Å². The van der Waals surface area contributed by atoms with Gasteiger partial charge in [-0.1, -0.05) is 43.9 Å². The third-order valence-corrected chi connectivity index (χ3v) is 6.19. The van der Waals surface area contributed by atoms with Crippen LogP contribution in [0, 0.1) is 0 Å². The van der Waals surface area contributed by atoms with Gasteiger partial charge in [0.2, 0.25) is 0 Å². The number of unbranched alkanes of at least 4 members (excludes halogenated alkanes) is 5. The van der Waals surface area contributed by atoms with Crippen molar-refractivity contribution in [1.82, 2.24) is 0 Å². The maximum Gasteiger partial charge on any atom is 0.339 e. The van der Waals surface area contributed by atoms with Crippen molar-refractivity contribution >= 4 is 15.8 Å². The van der Waals surface area contributed by atoms with Gasteiger partial charge in [0, 0.05) is 0 Å². The summed E-state index contributed by atoms with van der Waals surface area (Å²) in [7, 11) is -3.18. The molecule has 0 amide bonds. The molecule has 2 aromatic carbocycles. The predicted molar refractivity (Wildman–Crippen MR) is 107 cm³/mol. The van der Waals surface area contributed by atoms with E-state index >= 15 is 0 Å². The standard InChI is InChI=1S/C21H26O6S/c22-20-13-12-17(16-19(20)21(23)24)27-14-8-3-1-2-4-9-15-28(25,26)18-10-6-5-7-11-18/h5-7,10-13,16,22H,1-4,8-9,14-15H2,(H,23,24). The van der Waals surface area contributed by atoms with Crippen molar-refractivity contribution in [3.05, 3.63) is 54.1 Å². The fourth-order valence-corrected chi connectivity index (χ4v) is 4.20. The van der Waals surface area contributed by atoms with E-state index in [9.17, 15) is 18.3 Å². The monoisotopic (exact) mass is 406 g/mol. The van der Waals surface area contributed by atoms with Crippen LogP contribution >= 0.6 is 0 Å². The zero-order valence-electron chi connectivity index (χ0n) is 15.7. The minimum absolute atomic E-state index is 0.173. The van der Waals surface area contributed by atoms with Crippen LogP contribution < -0.4 is 4.74 Å². The highest BCUT2D eigenvalue weighted by Crippen LogP contribution is 2.23. The molecule has 6 nitrogen and oxygen atoms in total. The average Bonchev–Trinajstić information content (AvgIpc) is 2.68. The summed E-state index contributed by atoms with van der Waals surface area (Å²) in [4.78, 5) is 11.3. The largest absolute Gasteiger partial charge is 0.507 e. The molecule has 2 rings (SSSR count). The number of carbonyl (C=O) groups is 1. The molecule has 0 bridgehead atoms. The Morgan fingerprint density at radius 1 is 0.893 bits per heavy atom. The van der Waals surface area contributed by atoms with Crippen LogP contribution in [0.1, 0.15) is 48.9 Å². The first kappa shape index (κ1) is 21.8. The van der Waals surface area contributed by atoms with Crippen LogP contribution in [0.25, 0.3) is 0 Å². The molecule has 0 atom stereocenters. The number of hydrogen-bond donors (Lipinski definition) is 2. The van der Waals surface area contributed by atoms with Crippen molar-refractivity contribution < 1.29 is 28.2 Å². The molecule has 0 aliphatic heterocycles. The van der Waals surface area contributed by atoms with Crippen molar-refractivity contribution in [1.29, 1.82) is 0 Å². The number of benzene rings is 2. The summed E-state index contributed by atoms with van der Waals surface area (Å²) in [6, 6.07) is 12.7. The number of sulfone groups is 1. The van der Waals surface area contributed by atoms with Crippen LogP contribution in [0.3, 0.4) is 0 Å². The molecule has 0 aromatic heterocycles. The van der Waals surface area contributed by atoms with Crippen LogP contribution in [-0.2, 0) is 9.84 Å². The van der Waals surface area contributed by atoms with Crippen LogP contribution in [0.15, 0.2) is 53.4 Å². The van der Waals surface area contributed by atoms with E-state index in [1.54, 1.807) is 30.3 Å². The minimum atomic E-state index is -3.18. The Morgan fingerprint density at radius 2 is 1.54 bits per heavy atom. The Kier molecular flexibility index (Phi) is 8.32. The smallest absolute Gasteiger partial charge is 0.339 e. The molecule has 0 radical (unpaired) electrons. The Bertz CT molecular complexity index is 862. The molecule has 0 saturated heterocycles. The minimum Gasteiger partial charge on any atom is -0.507 e. The van der Waals surface area contributed by atoms with Crippen molar-refractivity contribution in [3.63, 3.8) is 0 Å². The van der Waals surface area contributed by atoms with E-state index in [2.05, 4.69) is 0 Å². The molecule has 2 aromatic rings. The molecule has 0 unspecified atom stereocenters. The van der Waals surface area contributed by atoms with Gasteiger partial charge in [0.15, 0.2) is 9.84 Å². The van der Waals surface area contributed by atoms with E-state index in [1.807, 2.05) is 0 Å². The second-order valence-corrected chi connectivity index (χ2v) is 8.69. The number of rotatable bonds is 12. The highest BCUT2D eigenvalue weighted by Gasteiger charge is 2.13. The van der Waals surface area contributed by atoms with Gasteiger partial charge in [-0.25, -0.2) is 13.2 Å². The second-order valence-electron chi connectivity index (χ2n) is 6.59. The molecule has 2 N–H and O–H groups in total. The van der Waals surface area contributed by atoms with Crippen molar-refractivity contribution in [2.24, 2.45) is 0 Å². The molecule has 0 heterocycles. The average molecular weight is 407 g/mol. The van der Waals surface area contributed by atoms with Crippen LogP contribution in [0.2, 0.25) is 0 Å². The van der Waals surface area contributed by atoms with E-state index in [-0.39, 0.29) is 17.1 Å². The summed E-state index contributed by atoms with van der Waals surface area (Å²) in [6.07, 6.45) is 5.25. The van der Waals surface area contributed by atoms with Gasteiger partial charge in [-0.2, -0.15) is 0 Å². The molecule has 28 heavy (non-hydrogen) atoms. The lowest BCUT2D eigenvalue weighted by molar-refractivity contribution is 0.0693. The molecule has 0 spiro atoms. The summed E-state index contributed by atoms with van der Waals surface area (Å²) in [6.45, 7) is 0.465.